The lowest BCUT2D eigenvalue weighted by atomic mass is 10.1. The zero-order valence-corrected chi connectivity index (χ0v) is 8.64. The van der Waals surface area contributed by atoms with Gasteiger partial charge in [-0.05, 0) is 42.7 Å². The number of carbonyl (C=O) groups is 1. The molecule has 0 N–H and O–H groups in total. The summed E-state index contributed by atoms with van der Waals surface area (Å²) in [6, 6.07) is 8.36. The maximum absolute atomic E-state index is 9.46. The summed E-state index contributed by atoms with van der Waals surface area (Å²) >= 11 is 4.71. The van der Waals surface area contributed by atoms with E-state index in [1.165, 1.54) is 11.1 Å². The van der Waals surface area contributed by atoms with E-state index in [1.807, 2.05) is 0 Å². The highest BCUT2D eigenvalue weighted by atomic mass is 35.5. The van der Waals surface area contributed by atoms with Crippen molar-refractivity contribution in [3.8, 4) is 0 Å². The number of halogens is 1. The molecule has 0 bridgehead atoms. The summed E-state index contributed by atoms with van der Waals surface area (Å²) in [6.07, 6.45) is 1.04. The smallest absolute Gasteiger partial charge is 0.244 e. The Morgan fingerprint density at radius 2 is 1.62 bits per heavy atom. The number of rotatable bonds is 1. The van der Waals surface area contributed by atoms with Gasteiger partial charge >= 0.3 is 0 Å². The van der Waals surface area contributed by atoms with Gasteiger partial charge in [-0.15, -0.1) is 0 Å². The summed E-state index contributed by atoms with van der Waals surface area (Å²) in [5.41, 5.74) is 2.74. The molecule has 0 fully saturated rings. The van der Waals surface area contributed by atoms with Crippen molar-refractivity contribution in [1.29, 1.82) is 0 Å². The van der Waals surface area contributed by atoms with Crippen molar-refractivity contribution in [2.45, 2.75) is 13.8 Å². The standard InChI is InChI=1S/C8H10.C3H3ClO/c1-7-5-3-4-6-8(7)2;1-2-3(4)5/h3-6H,1-2H3;2H,1H2. The van der Waals surface area contributed by atoms with Crippen LogP contribution >= 0.6 is 11.6 Å². The SMILES string of the molecule is C=CC(=O)Cl.Cc1ccccc1C. The van der Waals surface area contributed by atoms with E-state index in [9.17, 15) is 4.79 Å². The molecule has 0 aliphatic rings. The Morgan fingerprint density at radius 1 is 1.31 bits per heavy atom. The van der Waals surface area contributed by atoms with E-state index in [0.717, 1.165) is 6.08 Å². The van der Waals surface area contributed by atoms with Gasteiger partial charge in [-0.2, -0.15) is 0 Å². The summed E-state index contributed by atoms with van der Waals surface area (Å²) in [4.78, 5) is 9.46. The third kappa shape index (κ3) is 6.12. The predicted molar refractivity (Wildman–Crippen MR) is 57.0 cm³/mol. The molecule has 1 rings (SSSR count). The van der Waals surface area contributed by atoms with Gasteiger partial charge in [0, 0.05) is 0 Å². The van der Waals surface area contributed by atoms with E-state index in [2.05, 4.69) is 44.7 Å². The highest BCUT2D eigenvalue weighted by Gasteiger charge is 1.83. The van der Waals surface area contributed by atoms with Crippen LogP contribution in [-0.2, 0) is 4.79 Å². The highest BCUT2D eigenvalue weighted by molar-refractivity contribution is 6.66. The van der Waals surface area contributed by atoms with E-state index in [1.54, 1.807) is 0 Å². The fourth-order valence-electron chi connectivity index (χ4n) is 0.663. The van der Waals surface area contributed by atoms with Gasteiger partial charge in [0.1, 0.15) is 0 Å². The highest BCUT2D eigenvalue weighted by Crippen LogP contribution is 2.02. The molecule has 0 radical (unpaired) electrons. The zero-order valence-electron chi connectivity index (χ0n) is 7.88. The second-order valence-corrected chi connectivity index (χ2v) is 2.97. The lowest BCUT2D eigenvalue weighted by molar-refractivity contribution is -0.107. The van der Waals surface area contributed by atoms with Crippen LogP contribution in [0.4, 0.5) is 0 Å². The number of allylic oxidation sites excluding steroid dienone is 1. The van der Waals surface area contributed by atoms with Crippen LogP contribution in [0.3, 0.4) is 0 Å². The van der Waals surface area contributed by atoms with Crippen LogP contribution < -0.4 is 0 Å². The Labute approximate surface area is 84.0 Å². The van der Waals surface area contributed by atoms with Crippen molar-refractivity contribution in [2.75, 3.05) is 0 Å². The normalized spacial score (nSPS) is 8.23. The molecule has 0 aromatic heterocycles. The van der Waals surface area contributed by atoms with E-state index in [-0.39, 0.29) is 0 Å². The molecular formula is C11H13ClO. The van der Waals surface area contributed by atoms with Gasteiger partial charge < -0.3 is 0 Å². The van der Waals surface area contributed by atoms with Gasteiger partial charge in [0.05, 0.1) is 0 Å². The van der Waals surface area contributed by atoms with Crippen LogP contribution in [0.2, 0.25) is 0 Å². The van der Waals surface area contributed by atoms with Crippen molar-refractivity contribution >= 4 is 16.8 Å². The van der Waals surface area contributed by atoms with E-state index < -0.39 is 5.24 Å². The number of benzene rings is 1. The Kier molecular flexibility index (Phi) is 5.90. The van der Waals surface area contributed by atoms with Crippen molar-refractivity contribution in [3.05, 3.63) is 48.0 Å². The number of carbonyl (C=O) groups excluding carboxylic acids is 1. The minimum absolute atomic E-state index is 0.509. The zero-order chi connectivity index (χ0) is 10.3. The van der Waals surface area contributed by atoms with Crippen LogP contribution in [0.5, 0.6) is 0 Å². The maximum Gasteiger partial charge on any atom is 0.244 e. The van der Waals surface area contributed by atoms with Crippen LogP contribution in [0, 0.1) is 13.8 Å². The minimum Gasteiger partial charge on any atom is -0.276 e. The molecule has 13 heavy (non-hydrogen) atoms. The molecule has 1 aromatic rings. The summed E-state index contributed by atoms with van der Waals surface area (Å²) in [5.74, 6) is 0. The first-order valence-electron chi connectivity index (χ1n) is 3.92. The molecule has 0 amide bonds. The maximum atomic E-state index is 9.46. The molecule has 0 atom stereocenters. The lowest BCUT2D eigenvalue weighted by Crippen LogP contribution is -1.74. The van der Waals surface area contributed by atoms with Gasteiger partial charge in [-0.1, -0.05) is 30.8 Å². The second kappa shape index (κ2) is 6.44. The molecule has 0 aliphatic heterocycles. The molecule has 2 heteroatoms. The van der Waals surface area contributed by atoms with Crippen LogP contribution in [0.25, 0.3) is 0 Å². The summed E-state index contributed by atoms with van der Waals surface area (Å²) in [5, 5.41) is -0.509. The van der Waals surface area contributed by atoms with Crippen molar-refractivity contribution < 1.29 is 4.79 Å². The van der Waals surface area contributed by atoms with Gasteiger partial charge in [-0.3, -0.25) is 4.79 Å². The first-order valence-corrected chi connectivity index (χ1v) is 4.30. The fraction of sp³-hybridized carbons (Fsp3) is 0.182. The average Bonchev–Trinajstić information content (AvgIpc) is 2.11. The van der Waals surface area contributed by atoms with E-state index in [4.69, 9.17) is 11.6 Å². The Balaban J connectivity index is 0.000000252. The Hall–Kier alpha value is -1.08. The third-order valence-electron chi connectivity index (χ3n) is 1.59. The van der Waals surface area contributed by atoms with Gasteiger partial charge in [0.25, 0.3) is 0 Å². The molecule has 0 unspecified atom stereocenters. The molecular weight excluding hydrogens is 184 g/mol. The second-order valence-electron chi connectivity index (χ2n) is 2.59. The van der Waals surface area contributed by atoms with Crippen molar-refractivity contribution in [3.63, 3.8) is 0 Å². The van der Waals surface area contributed by atoms with Crippen LogP contribution in [0.1, 0.15) is 11.1 Å². The van der Waals surface area contributed by atoms with Crippen LogP contribution in [-0.4, -0.2) is 5.24 Å². The minimum atomic E-state index is -0.509. The largest absolute Gasteiger partial charge is 0.276 e. The third-order valence-corrected chi connectivity index (χ3v) is 1.74. The van der Waals surface area contributed by atoms with Crippen LogP contribution in [0.15, 0.2) is 36.9 Å². The first-order chi connectivity index (χ1) is 6.07. The summed E-state index contributed by atoms with van der Waals surface area (Å²) in [6.45, 7) is 7.32. The summed E-state index contributed by atoms with van der Waals surface area (Å²) in [7, 11) is 0. The molecule has 1 nitrogen and oxygen atoms in total. The molecule has 0 heterocycles. The van der Waals surface area contributed by atoms with Gasteiger partial charge in [0.2, 0.25) is 5.24 Å². The number of hydrogen-bond acceptors (Lipinski definition) is 1. The summed E-state index contributed by atoms with van der Waals surface area (Å²) < 4.78 is 0. The quantitative estimate of drug-likeness (QED) is 0.498. The van der Waals surface area contributed by atoms with Gasteiger partial charge in [-0.25, -0.2) is 0 Å². The average molecular weight is 197 g/mol. The Bertz CT molecular complexity index is 271. The molecule has 0 spiro atoms. The topological polar surface area (TPSA) is 17.1 Å². The van der Waals surface area contributed by atoms with Crippen molar-refractivity contribution in [2.24, 2.45) is 0 Å². The lowest BCUT2D eigenvalue weighted by Gasteiger charge is -1.93. The number of aryl methyl sites for hydroxylation is 2. The predicted octanol–water partition coefficient (Wildman–Crippen LogP) is 3.24. The first kappa shape index (κ1) is 11.9. The molecule has 70 valence electrons. The van der Waals surface area contributed by atoms with E-state index in [0.29, 0.717) is 0 Å². The number of hydrogen-bond donors (Lipinski definition) is 0. The van der Waals surface area contributed by atoms with E-state index >= 15 is 0 Å². The molecule has 0 aliphatic carbocycles. The van der Waals surface area contributed by atoms with Crippen molar-refractivity contribution in [1.82, 2.24) is 0 Å². The molecule has 1 aromatic carbocycles. The monoisotopic (exact) mass is 196 g/mol. The molecule has 0 saturated carbocycles. The Morgan fingerprint density at radius 3 is 1.77 bits per heavy atom. The van der Waals surface area contributed by atoms with Gasteiger partial charge in [0.15, 0.2) is 0 Å². The molecule has 0 saturated heterocycles. The fourth-order valence-corrected chi connectivity index (χ4v) is 0.663.